The van der Waals surface area contributed by atoms with Crippen molar-refractivity contribution in [2.24, 2.45) is 5.92 Å². The SMILES string of the molecule is CC(C)CCN(C(=O)CCl)C1CC1. The summed E-state index contributed by atoms with van der Waals surface area (Å²) in [6.45, 7) is 5.24. The quantitative estimate of drug-likeness (QED) is 0.628. The van der Waals surface area contributed by atoms with Crippen LogP contribution in [0.1, 0.15) is 33.1 Å². The second kappa shape index (κ2) is 4.85. The van der Waals surface area contributed by atoms with Gasteiger partial charge in [0.05, 0.1) is 0 Å². The second-order valence-corrected chi connectivity index (χ2v) is 4.40. The van der Waals surface area contributed by atoms with Crippen molar-refractivity contribution in [1.29, 1.82) is 0 Å². The van der Waals surface area contributed by atoms with Crippen LogP contribution in [0.5, 0.6) is 0 Å². The van der Waals surface area contributed by atoms with Crippen LogP contribution in [0.4, 0.5) is 0 Å². The Morgan fingerprint density at radius 3 is 2.54 bits per heavy atom. The van der Waals surface area contributed by atoms with Gasteiger partial charge in [-0.1, -0.05) is 13.8 Å². The molecule has 13 heavy (non-hydrogen) atoms. The van der Waals surface area contributed by atoms with Crippen LogP contribution in [0.25, 0.3) is 0 Å². The first-order valence-corrected chi connectivity index (χ1v) is 5.54. The number of rotatable bonds is 5. The molecule has 1 saturated carbocycles. The maximum absolute atomic E-state index is 11.4. The molecule has 0 aliphatic heterocycles. The third kappa shape index (κ3) is 3.55. The van der Waals surface area contributed by atoms with Gasteiger partial charge in [0.15, 0.2) is 0 Å². The Bertz CT molecular complexity index is 178. The van der Waals surface area contributed by atoms with E-state index in [1.165, 1.54) is 12.8 Å². The van der Waals surface area contributed by atoms with Gasteiger partial charge < -0.3 is 4.90 Å². The molecule has 2 nitrogen and oxygen atoms in total. The topological polar surface area (TPSA) is 20.3 Å². The van der Waals surface area contributed by atoms with Gasteiger partial charge in [-0.2, -0.15) is 0 Å². The van der Waals surface area contributed by atoms with Gasteiger partial charge >= 0.3 is 0 Å². The molecular weight excluding hydrogens is 186 g/mol. The maximum atomic E-state index is 11.4. The lowest BCUT2D eigenvalue weighted by atomic mass is 10.1. The minimum Gasteiger partial charge on any atom is -0.339 e. The van der Waals surface area contributed by atoms with Crippen LogP contribution in [-0.2, 0) is 4.79 Å². The molecule has 0 aromatic rings. The number of halogens is 1. The third-order valence-corrected chi connectivity index (χ3v) is 2.60. The van der Waals surface area contributed by atoms with Crippen LogP contribution < -0.4 is 0 Å². The minimum absolute atomic E-state index is 0.102. The number of hydrogen-bond acceptors (Lipinski definition) is 1. The number of amides is 1. The summed E-state index contributed by atoms with van der Waals surface area (Å²) in [6.07, 6.45) is 3.42. The van der Waals surface area contributed by atoms with Gasteiger partial charge in [0.2, 0.25) is 5.91 Å². The van der Waals surface area contributed by atoms with E-state index < -0.39 is 0 Å². The monoisotopic (exact) mass is 203 g/mol. The molecule has 0 saturated heterocycles. The summed E-state index contributed by atoms with van der Waals surface area (Å²) in [7, 11) is 0. The molecule has 1 fully saturated rings. The highest BCUT2D eigenvalue weighted by Crippen LogP contribution is 2.27. The van der Waals surface area contributed by atoms with Crippen molar-refractivity contribution < 1.29 is 4.79 Å². The van der Waals surface area contributed by atoms with E-state index in [0.29, 0.717) is 12.0 Å². The van der Waals surface area contributed by atoms with Crippen molar-refractivity contribution in [2.75, 3.05) is 12.4 Å². The second-order valence-electron chi connectivity index (χ2n) is 4.13. The molecule has 0 atom stereocenters. The highest BCUT2D eigenvalue weighted by atomic mass is 35.5. The Labute approximate surface area is 85.2 Å². The Morgan fingerprint density at radius 1 is 1.54 bits per heavy atom. The summed E-state index contributed by atoms with van der Waals surface area (Å²) in [5.41, 5.74) is 0. The lowest BCUT2D eigenvalue weighted by Crippen LogP contribution is -2.35. The Balaban J connectivity index is 2.33. The lowest BCUT2D eigenvalue weighted by Gasteiger charge is -2.22. The van der Waals surface area contributed by atoms with Crippen LogP contribution in [0.2, 0.25) is 0 Å². The molecule has 0 N–H and O–H groups in total. The van der Waals surface area contributed by atoms with Gasteiger partial charge in [0.25, 0.3) is 0 Å². The minimum atomic E-state index is 0.102. The molecule has 0 aromatic carbocycles. The van der Waals surface area contributed by atoms with E-state index in [2.05, 4.69) is 13.8 Å². The van der Waals surface area contributed by atoms with Crippen molar-refractivity contribution in [2.45, 2.75) is 39.2 Å². The van der Waals surface area contributed by atoms with Gasteiger partial charge in [-0.3, -0.25) is 4.79 Å². The van der Waals surface area contributed by atoms with E-state index in [1.54, 1.807) is 0 Å². The Kier molecular flexibility index (Phi) is 4.04. The van der Waals surface area contributed by atoms with Crippen molar-refractivity contribution in [1.82, 2.24) is 4.90 Å². The van der Waals surface area contributed by atoms with E-state index in [-0.39, 0.29) is 11.8 Å². The fourth-order valence-electron chi connectivity index (χ4n) is 1.37. The van der Waals surface area contributed by atoms with E-state index in [9.17, 15) is 4.79 Å². The number of nitrogens with zero attached hydrogens (tertiary/aromatic N) is 1. The van der Waals surface area contributed by atoms with Gasteiger partial charge in [0, 0.05) is 12.6 Å². The van der Waals surface area contributed by atoms with E-state index in [4.69, 9.17) is 11.6 Å². The first-order valence-electron chi connectivity index (χ1n) is 5.00. The molecule has 0 aromatic heterocycles. The molecule has 76 valence electrons. The average molecular weight is 204 g/mol. The first kappa shape index (κ1) is 10.8. The Morgan fingerprint density at radius 2 is 2.15 bits per heavy atom. The van der Waals surface area contributed by atoms with Crippen LogP contribution in [-0.4, -0.2) is 29.3 Å². The molecule has 0 radical (unpaired) electrons. The number of hydrogen-bond donors (Lipinski definition) is 0. The molecular formula is C10H18ClNO. The third-order valence-electron chi connectivity index (χ3n) is 2.37. The van der Waals surface area contributed by atoms with Crippen LogP contribution in [0.15, 0.2) is 0 Å². The predicted molar refractivity (Wildman–Crippen MR) is 54.9 cm³/mol. The molecule has 1 rings (SSSR count). The molecule has 1 aliphatic rings. The molecule has 3 heteroatoms. The summed E-state index contributed by atoms with van der Waals surface area (Å²) in [6, 6.07) is 0.505. The van der Waals surface area contributed by atoms with Crippen LogP contribution in [0, 0.1) is 5.92 Å². The van der Waals surface area contributed by atoms with Crippen LogP contribution >= 0.6 is 11.6 Å². The normalized spacial score (nSPS) is 16.3. The summed E-state index contributed by atoms with van der Waals surface area (Å²) < 4.78 is 0. The summed E-state index contributed by atoms with van der Waals surface area (Å²) in [4.78, 5) is 13.4. The zero-order chi connectivity index (χ0) is 9.84. The number of alkyl halides is 1. The van der Waals surface area contributed by atoms with E-state index >= 15 is 0 Å². The van der Waals surface area contributed by atoms with Crippen LogP contribution in [0.3, 0.4) is 0 Å². The highest BCUT2D eigenvalue weighted by molar-refractivity contribution is 6.27. The molecule has 1 aliphatic carbocycles. The number of carbonyl (C=O) groups excluding carboxylic acids is 1. The summed E-state index contributed by atoms with van der Waals surface area (Å²) >= 11 is 5.54. The standard InChI is InChI=1S/C10H18ClNO/c1-8(2)5-6-12(9-3-4-9)10(13)7-11/h8-9H,3-7H2,1-2H3. The zero-order valence-corrected chi connectivity index (χ0v) is 9.18. The largest absolute Gasteiger partial charge is 0.339 e. The zero-order valence-electron chi connectivity index (χ0n) is 8.42. The lowest BCUT2D eigenvalue weighted by molar-refractivity contribution is -0.129. The maximum Gasteiger partial charge on any atom is 0.237 e. The van der Waals surface area contributed by atoms with Crippen molar-refractivity contribution in [3.05, 3.63) is 0 Å². The van der Waals surface area contributed by atoms with Crippen molar-refractivity contribution >= 4 is 17.5 Å². The summed E-state index contributed by atoms with van der Waals surface area (Å²) in [5.74, 6) is 0.892. The molecule has 0 bridgehead atoms. The van der Waals surface area contributed by atoms with Gasteiger partial charge in [-0.15, -0.1) is 11.6 Å². The van der Waals surface area contributed by atoms with Gasteiger partial charge in [-0.25, -0.2) is 0 Å². The molecule has 0 heterocycles. The molecule has 0 unspecified atom stereocenters. The highest BCUT2D eigenvalue weighted by Gasteiger charge is 2.31. The fourth-order valence-corrected chi connectivity index (χ4v) is 1.52. The average Bonchev–Trinajstić information content (AvgIpc) is 2.87. The smallest absolute Gasteiger partial charge is 0.237 e. The van der Waals surface area contributed by atoms with Gasteiger partial charge in [0.1, 0.15) is 5.88 Å². The Hall–Kier alpha value is -0.240. The number of carbonyl (C=O) groups is 1. The first-order chi connectivity index (χ1) is 6.15. The van der Waals surface area contributed by atoms with E-state index in [0.717, 1.165) is 13.0 Å². The molecule has 0 spiro atoms. The predicted octanol–water partition coefficient (Wildman–Crippen LogP) is 2.26. The van der Waals surface area contributed by atoms with E-state index in [1.807, 2.05) is 4.90 Å². The van der Waals surface area contributed by atoms with Crippen molar-refractivity contribution in [3.8, 4) is 0 Å². The summed E-state index contributed by atoms with van der Waals surface area (Å²) in [5, 5.41) is 0. The molecule has 1 amide bonds. The fraction of sp³-hybridized carbons (Fsp3) is 0.900. The van der Waals surface area contributed by atoms with Gasteiger partial charge in [-0.05, 0) is 25.2 Å². The van der Waals surface area contributed by atoms with Crippen molar-refractivity contribution in [3.63, 3.8) is 0 Å².